The molecule has 1 aliphatic heterocycles. The minimum atomic E-state index is -0.502. The number of ether oxygens (including phenoxy) is 1. The number of nitrogens with zero attached hydrogens (tertiary/aromatic N) is 2. The number of amides is 2. The molecule has 11 heteroatoms. The van der Waals surface area contributed by atoms with Crippen LogP contribution in [-0.4, -0.2) is 33.2 Å². The molecule has 5 aliphatic rings. The molecule has 5 fully saturated rings. The zero-order valence-corrected chi connectivity index (χ0v) is 21.7. The van der Waals surface area contributed by atoms with Crippen molar-refractivity contribution in [1.29, 1.82) is 0 Å². The fraction of sp³-hybridized carbons (Fsp3) is 0.423. The van der Waals surface area contributed by atoms with Gasteiger partial charge in [0, 0.05) is 6.08 Å². The van der Waals surface area contributed by atoms with Gasteiger partial charge in [-0.25, -0.2) is 0 Å². The molecule has 1 N–H and O–H groups in total. The Morgan fingerprint density at radius 1 is 1.22 bits per heavy atom. The second-order valence-electron chi connectivity index (χ2n) is 10.5. The summed E-state index contributed by atoms with van der Waals surface area (Å²) in [6.45, 7) is 0. The fourth-order valence-electron chi connectivity index (χ4n) is 6.88. The van der Waals surface area contributed by atoms with Crippen LogP contribution < -0.4 is 10.2 Å². The van der Waals surface area contributed by atoms with E-state index in [9.17, 15) is 19.7 Å². The molecule has 4 saturated carbocycles. The molecule has 4 aliphatic carbocycles. The summed E-state index contributed by atoms with van der Waals surface area (Å²) in [5.41, 5.74) is 2.58. The summed E-state index contributed by atoms with van der Waals surface area (Å²) in [5.74, 6) is 2.30. The van der Waals surface area contributed by atoms with E-state index < -0.39 is 16.2 Å². The van der Waals surface area contributed by atoms with E-state index in [-0.39, 0.29) is 21.7 Å². The monoisotopic (exact) mass is 539 g/mol. The summed E-state index contributed by atoms with van der Waals surface area (Å²) in [6, 6.07) is 7.73. The zero-order valence-electron chi connectivity index (χ0n) is 20.1. The van der Waals surface area contributed by atoms with Crippen molar-refractivity contribution < 1.29 is 23.7 Å². The Bertz CT molecular complexity index is 1330. The van der Waals surface area contributed by atoms with Gasteiger partial charge in [0.25, 0.3) is 11.6 Å². The number of nitro groups is 1. The lowest BCUT2D eigenvalue weighted by Gasteiger charge is -2.55. The average Bonchev–Trinajstić information content (AvgIpc) is 3.42. The van der Waals surface area contributed by atoms with Gasteiger partial charge in [-0.3, -0.25) is 25.1 Å². The maximum absolute atomic E-state index is 13.4. The molecule has 2 aromatic rings. The van der Waals surface area contributed by atoms with Crippen LogP contribution in [0.15, 0.2) is 39.7 Å². The highest BCUT2D eigenvalue weighted by atomic mass is 32.2. The number of nitrogens with one attached hydrogen (secondary N) is 1. The van der Waals surface area contributed by atoms with Crippen LogP contribution in [0.25, 0.3) is 17.4 Å². The number of rotatable bonds is 6. The van der Waals surface area contributed by atoms with Gasteiger partial charge in [0.1, 0.15) is 17.3 Å². The molecule has 1 aromatic heterocycles. The van der Waals surface area contributed by atoms with E-state index in [0.717, 1.165) is 31.0 Å². The third-order valence-electron chi connectivity index (χ3n) is 8.09. The smallest absolute Gasteiger partial charge is 0.285 e. The second kappa shape index (κ2) is 8.98. The standard InChI is InChI=1S/C26H25N3O6S2/c1-34-17-2-4-19(20(9-17)29(32)33)21-5-3-18(35-21)10-22-23(30)28(25(36)37-22)27-24(31)26-11-14-6-15(12-26)8-16(7-14)13-26/h2-5,9-10,14-16H,6-8,11-13H2,1H3,(H,27,31)/b22-10+. The maximum Gasteiger partial charge on any atom is 0.285 e. The summed E-state index contributed by atoms with van der Waals surface area (Å²) >= 11 is 6.50. The zero-order chi connectivity index (χ0) is 25.9. The second-order valence-corrected chi connectivity index (χ2v) is 12.2. The third kappa shape index (κ3) is 4.23. The van der Waals surface area contributed by atoms with Gasteiger partial charge in [-0.2, -0.15) is 5.01 Å². The van der Waals surface area contributed by atoms with Crippen molar-refractivity contribution in [2.24, 2.45) is 23.2 Å². The van der Waals surface area contributed by atoms with Gasteiger partial charge in [-0.15, -0.1) is 0 Å². The fourth-order valence-corrected chi connectivity index (χ4v) is 8.03. The highest BCUT2D eigenvalue weighted by molar-refractivity contribution is 8.26. The maximum atomic E-state index is 13.4. The Kier molecular flexibility index (Phi) is 5.87. The van der Waals surface area contributed by atoms with Crippen molar-refractivity contribution in [3.8, 4) is 17.1 Å². The van der Waals surface area contributed by atoms with Gasteiger partial charge in [-0.05, 0) is 92.8 Å². The number of benzene rings is 1. The number of thioether (sulfide) groups is 1. The first-order chi connectivity index (χ1) is 17.7. The molecule has 2 heterocycles. The van der Waals surface area contributed by atoms with Crippen LogP contribution in [0, 0.1) is 33.3 Å². The summed E-state index contributed by atoms with van der Waals surface area (Å²) in [4.78, 5) is 37.9. The Labute approximate surface area is 222 Å². The van der Waals surface area contributed by atoms with Gasteiger partial charge in [0.15, 0.2) is 4.32 Å². The first-order valence-corrected chi connectivity index (χ1v) is 13.5. The van der Waals surface area contributed by atoms with Crippen molar-refractivity contribution >= 4 is 51.9 Å². The molecule has 1 saturated heterocycles. The molecule has 0 atom stereocenters. The number of carbonyl (C=O) groups is 2. The molecule has 0 unspecified atom stereocenters. The Morgan fingerprint density at radius 3 is 2.51 bits per heavy atom. The molecule has 0 spiro atoms. The molecular weight excluding hydrogens is 514 g/mol. The topological polar surface area (TPSA) is 115 Å². The van der Waals surface area contributed by atoms with Gasteiger partial charge in [0.2, 0.25) is 5.91 Å². The quantitative estimate of drug-likeness (QED) is 0.227. The SMILES string of the molecule is COc1ccc(-c2ccc(/C=C3/SC(=S)N(NC(=O)C45CC6CC(CC(C6)C4)C5)C3=O)o2)c([N+](=O)[O-])c1. The predicted molar refractivity (Wildman–Crippen MR) is 141 cm³/mol. The number of methoxy groups -OCH3 is 1. The largest absolute Gasteiger partial charge is 0.497 e. The van der Waals surface area contributed by atoms with E-state index >= 15 is 0 Å². The minimum Gasteiger partial charge on any atom is -0.497 e. The summed E-state index contributed by atoms with van der Waals surface area (Å²) < 4.78 is 11.2. The lowest BCUT2D eigenvalue weighted by Crippen LogP contribution is -2.57. The number of carbonyl (C=O) groups excluding carboxylic acids is 2. The van der Waals surface area contributed by atoms with Crippen LogP contribution in [0.5, 0.6) is 5.75 Å². The highest BCUT2D eigenvalue weighted by Gasteiger charge is 2.55. The van der Waals surface area contributed by atoms with Gasteiger partial charge >= 0.3 is 0 Å². The highest BCUT2D eigenvalue weighted by Crippen LogP contribution is 2.60. The molecule has 9 nitrogen and oxygen atoms in total. The number of hydrazine groups is 1. The van der Waals surface area contributed by atoms with Gasteiger partial charge in [0.05, 0.1) is 34.0 Å². The van der Waals surface area contributed by atoms with Crippen molar-refractivity contribution in [2.75, 3.05) is 7.11 Å². The van der Waals surface area contributed by atoms with E-state index in [0.29, 0.717) is 39.7 Å². The van der Waals surface area contributed by atoms with E-state index in [2.05, 4.69) is 5.43 Å². The van der Waals surface area contributed by atoms with Crippen LogP contribution in [0.4, 0.5) is 5.69 Å². The summed E-state index contributed by atoms with van der Waals surface area (Å²) in [6.07, 6.45) is 7.88. The lowest BCUT2D eigenvalue weighted by atomic mass is 9.49. The molecule has 2 amide bonds. The van der Waals surface area contributed by atoms with E-state index in [4.69, 9.17) is 21.4 Å². The minimum absolute atomic E-state index is 0.101. The Balaban J connectivity index is 1.19. The number of hydrogen-bond acceptors (Lipinski definition) is 8. The van der Waals surface area contributed by atoms with Crippen molar-refractivity contribution in [3.05, 3.63) is 51.1 Å². The molecular formula is C26H25N3O6S2. The van der Waals surface area contributed by atoms with Crippen LogP contribution in [0.1, 0.15) is 44.3 Å². The predicted octanol–water partition coefficient (Wildman–Crippen LogP) is 5.31. The van der Waals surface area contributed by atoms with E-state index in [1.165, 1.54) is 43.5 Å². The summed E-state index contributed by atoms with van der Waals surface area (Å²) in [5, 5.41) is 12.7. The first kappa shape index (κ1) is 24.2. The number of furan rings is 1. The Morgan fingerprint density at radius 2 is 1.89 bits per heavy atom. The van der Waals surface area contributed by atoms with Gasteiger partial charge < -0.3 is 9.15 Å². The van der Waals surface area contributed by atoms with Crippen LogP contribution >= 0.6 is 24.0 Å². The van der Waals surface area contributed by atoms with Crippen LogP contribution in [0.2, 0.25) is 0 Å². The molecule has 37 heavy (non-hydrogen) atoms. The van der Waals surface area contributed by atoms with E-state index in [1.807, 2.05) is 0 Å². The van der Waals surface area contributed by atoms with Crippen molar-refractivity contribution in [3.63, 3.8) is 0 Å². The normalized spacial score (nSPS) is 29.3. The molecule has 1 aromatic carbocycles. The number of thiocarbonyl (C=S) groups is 1. The Hall–Kier alpha value is -3.18. The van der Waals surface area contributed by atoms with Crippen LogP contribution in [0.3, 0.4) is 0 Å². The number of nitro benzene ring substituents is 1. The van der Waals surface area contributed by atoms with Crippen molar-refractivity contribution in [1.82, 2.24) is 10.4 Å². The molecule has 192 valence electrons. The molecule has 7 rings (SSSR count). The molecule has 4 bridgehead atoms. The third-order valence-corrected chi connectivity index (χ3v) is 9.40. The first-order valence-electron chi connectivity index (χ1n) is 12.3. The van der Waals surface area contributed by atoms with E-state index in [1.54, 1.807) is 24.3 Å². The van der Waals surface area contributed by atoms with Gasteiger partial charge in [-0.1, -0.05) is 11.8 Å². The molecule has 0 radical (unpaired) electrons. The van der Waals surface area contributed by atoms with Crippen molar-refractivity contribution in [2.45, 2.75) is 38.5 Å². The number of hydrogen-bond donors (Lipinski definition) is 1. The average molecular weight is 540 g/mol. The van der Waals surface area contributed by atoms with Crippen LogP contribution in [-0.2, 0) is 9.59 Å². The lowest BCUT2D eigenvalue weighted by molar-refractivity contribution is -0.384. The summed E-state index contributed by atoms with van der Waals surface area (Å²) in [7, 11) is 1.44.